The second-order valence-electron chi connectivity index (χ2n) is 5.85. The summed E-state index contributed by atoms with van der Waals surface area (Å²) in [5.74, 6) is 19.3. The van der Waals surface area contributed by atoms with E-state index in [0.29, 0.717) is 5.69 Å². The van der Waals surface area contributed by atoms with Gasteiger partial charge in [0.2, 0.25) is 0 Å². The van der Waals surface area contributed by atoms with Crippen LogP contribution in [0.5, 0.6) is 0 Å². The first kappa shape index (κ1) is 18.4. The van der Waals surface area contributed by atoms with E-state index in [2.05, 4.69) is 42.4 Å². The molecule has 0 bridgehead atoms. The van der Waals surface area contributed by atoms with Gasteiger partial charge in [-0.05, 0) is 42.1 Å². The van der Waals surface area contributed by atoms with Crippen molar-refractivity contribution in [1.29, 1.82) is 0 Å². The summed E-state index contributed by atoms with van der Waals surface area (Å²) < 4.78 is 0. The maximum Gasteiger partial charge on any atom is 0.0924 e. The second kappa shape index (κ2) is 9.35. The molecule has 0 aliphatic carbocycles. The van der Waals surface area contributed by atoms with Crippen LogP contribution in [-0.2, 0) is 0 Å². The summed E-state index contributed by atoms with van der Waals surface area (Å²) in [5, 5.41) is 2.03. The minimum absolute atomic E-state index is 0.683. The molecule has 0 unspecified atom stereocenters. The third-order valence-corrected chi connectivity index (χ3v) is 4.62. The molecule has 130 valence electrons. The minimum Gasteiger partial charge on any atom is -0.398 e. The molecule has 3 rings (SSSR count). The molecule has 0 amide bonds. The van der Waals surface area contributed by atoms with Crippen molar-refractivity contribution in [1.82, 2.24) is 0 Å². The molecule has 0 aliphatic heterocycles. The molecule has 1 aromatic heterocycles. The van der Waals surface area contributed by atoms with Crippen molar-refractivity contribution in [2.75, 3.05) is 5.73 Å². The summed E-state index contributed by atoms with van der Waals surface area (Å²) in [6.45, 7) is 2.13. The number of nitrogen functional groups attached to an aromatic ring is 1. The molecule has 2 N–H and O–H groups in total. The average Bonchev–Trinajstić information content (AvgIpc) is 3.14. The van der Waals surface area contributed by atoms with E-state index in [9.17, 15) is 0 Å². The lowest BCUT2D eigenvalue weighted by Crippen LogP contribution is -1.89. The van der Waals surface area contributed by atoms with Gasteiger partial charge in [0.1, 0.15) is 0 Å². The lowest BCUT2D eigenvalue weighted by atomic mass is 10.1. The summed E-state index contributed by atoms with van der Waals surface area (Å²) in [5.41, 5.74) is 10.2. The third kappa shape index (κ3) is 5.05. The predicted octanol–water partition coefficient (Wildman–Crippen LogP) is 5.28. The van der Waals surface area contributed by atoms with Crippen molar-refractivity contribution < 1.29 is 0 Å². The number of anilines is 1. The SMILES string of the molecule is CCCC#Cc1sccc1C#Cc1ccccc1C#Cc1ccccc1N. The van der Waals surface area contributed by atoms with Crippen LogP contribution in [0.4, 0.5) is 5.69 Å². The fraction of sp³-hybridized carbons (Fsp3) is 0.120. The molecule has 0 fully saturated rings. The molecule has 0 spiro atoms. The zero-order valence-electron chi connectivity index (χ0n) is 15.2. The van der Waals surface area contributed by atoms with Crippen LogP contribution >= 0.6 is 11.3 Å². The first-order valence-corrected chi connectivity index (χ1v) is 9.70. The van der Waals surface area contributed by atoms with Gasteiger partial charge in [-0.1, -0.05) is 66.7 Å². The third-order valence-electron chi connectivity index (χ3n) is 3.79. The maximum absolute atomic E-state index is 5.97. The molecule has 3 aromatic rings. The highest BCUT2D eigenvalue weighted by atomic mass is 32.1. The van der Waals surface area contributed by atoms with E-state index in [-0.39, 0.29) is 0 Å². The maximum atomic E-state index is 5.97. The Morgan fingerprint density at radius 2 is 1.33 bits per heavy atom. The van der Waals surface area contributed by atoms with E-state index in [4.69, 9.17) is 5.73 Å². The highest BCUT2D eigenvalue weighted by Gasteiger charge is 1.99. The lowest BCUT2D eigenvalue weighted by molar-refractivity contribution is 0.983. The van der Waals surface area contributed by atoms with Crippen LogP contribution < -0.4 is 5.73 Å². The monoisotopic (exact) mass is 365 g/mol. The zero-order chi connectivity index (χ0) is 18.9. The van der Waals surface area contributed by atoms with E-state index < -0.39 is 0 Å². The summed E-state index contributed by atoms with van der Waals surface area (Å²) in [6, 6.07) is 17.5. The summed E-state index contributed by atoms with van der Waals surface area (Å²) in [7, 11) is 0. The highest BCUT2D eigenvalue weighted by molar-refractivity contribution is 7.10. The molecule has 1 heterocycles. The molecule has 2 heteroatoms. The van der Waals surface area contributed by atoms with Gasteiger partial charge in [0.25, 0.3) is 0 Å². The first-order chi connectivity index (χ1) is 13.3. The molecule has 0 radical (unpaired) electrons. The van der Waals surface area contributed by atoms with Gasteiger partial charge in [-0.15, -0.1) is 11.3 Å². The Morgan fingerprint density at radius 1 is 0.741 bits per heavy atom. The van der Waals surface area contributed by atoms with Crippen molar-refractivity contribution in [3.63, 3.8) is 0 Å². The first-order valence-electron chi connectivity index (χ1n) is 8.82. The Kier molecular flexibility index (Phi) is 6.38. The Labute approximate surface area is 165 Å². The quantitative estimate of drug-likeness (QED) is 0.461. The lowest BCUT2D eigenvalue weighted by Gasteiger charge is -1.97. The molecule has 1 nitrogen and oxygen atoms in total. The summed E-state index contributed by atoms with van der Waals surface area (Å²) in [6.07, 6.45) is 1.98. The molecule has 0 saturated heterocycles. The van der Waals surface area contributed by atoms with Gasteiger partial charge in [0.15, 0.2) is 0 Å². The van der Waals surface area contributed by atoms with E-state index in [1.165, 1.54) is 0 Å². The van der Waals surface area contributed by atoms with Gasteiger partial charge < -0.3 is 5.73 Å². The van der Waals surface area contributed by atoms with Gasteiger partial charge in [0.05, 0.1) is 10.4 Å². The standard InChI is InChI=1S/C25H19NS/c1-2-3-4-13-25-23(18-19-27-25)17-15-21-10-6-5-9-20(21)14-16-22-11-7-8-12-24(22)26/h5-12,18-19H,2-3,26H2,1H3. The number of thiophene rings is 1. The van der Waals surface area contributed by atoms with Gasteiger partial charge in [0, 0.05) is 28.8 Å². The fourth-order valence-corrected chi connectivity index (χ4v) is 3.07. The molecule has 0 saturated carbocycles. The topological polar surface area (TPSA) is 26.0 Å². The molecule has 0 atom stereocenters. The van der Waals surface area contributed by atoms with Crippen molar-refractivity contribution in [3.8, 4) is 35.5 Å². The van der Waals surface area contributed by atoms with Gasteiger partial charge in [-0.3, -0.25) is 0 Å². The van der Waals surface area contributed by atoms with Gasteiger partial charge >= 0.3 is 0 Å². The number of rotatable bonds is 1. The normalized spacial score (nSPS) is 9.22. The highest BCUT2D eigenvalue weighted by Crippen LogP contribution is 2.15. The van der Waals surface area contributed by atoms with Gasteiger partial charge in [-0.2, -0.15) is 0 Å². The summed E-state index contributed by atoms with van der Waals surface area (Å²) in [4.78, 5) is 1.02. The molecular formula is C25H19NS. The van der Waals surface area contributed by atoms with Crippen molar-refractivity contribution in [3.05, 3.63) is 87.1 Å². The van der Waals surface area contributed by atoms with Crippen LogP contribution in [0.25, 0.3) is 0 Å². The van der Waals surface area contributed by atoms with Crippen LogP contribution in [0.1, 0.15) is 46.9 Å². The zero-order valence-corrected chi connectivity index (χ0v) is 16.0. The number of benzene rings is 2. The average molecular weight is 366 g/mol. The van der Waals surface area contributed by atoms with E-state index >= 15 is 0 Å². The number of unbranched alkanes of at least 4 members (excludes halogenated alkanes) is 1. The molecular weight excluding hydrogens is 346 g/mol. The molecule has 0 aliphatic rings. The Morgan fingerprint density at radius 3 is 2.00 bits per heavy atom. The minimum atomic E-state index is 0.683. The Balaban J connectivity index is 1.90. The second-order valence-corrected chi connectivity index (χ2v) is 6.76. The van der Waals surface area contributed by atoms with Crippen LogP contribution in [0, 0.1) is 35.5 Å². The summed E-state index contributed by atoms with van der Waals surface area (Å²) >= 11 is 1.63. The van der Waals surface area contributed by atoms with Gasteiger partial charge in [-0.25, -0.2) is 0 Å². The number of hydrogen-bond donors (Lipinski definition) is 1. The number of hydrogen-bond acceptors (Lipinski definition) is 2. The Hall–Kier alpha value is -3.38. The number of para-hydroxylation sites is 1. The van der Waals surface area contributed by atoms with Crippen molar-refractivity contribution >= 4 is 17.0 Å². The smallest absolute Gasteiger partial charge is 0.0924 e. The van der Waals surface area contributed by atoms with Crippen LogP contribution in [0.3, 0.4) is 0 Å². The van der Waals surface area contributed by atoms with E-state index in [1.807, 2.05) is 60.0 Å². The molecule has 2 aromatic carbocycles. The van der Waals surface area contributed by atoms with Crippen molar-refractivity contribution in [2.24, 2.45) is 0 Å². The fourth-order valence-electron chi connectivity index (χ4n) is 2.35. The van der Waals surface area contributed by atoms with Crippen LogP contribution in [0.2, 0.25) is 0 Å². The number of nitrogens with two attached hydrogens (primary N) is 1. The molecule has 27 heavy (non-hydrogen) atoms. The van der Waals surface area contributed by atoms with E-state index in [0.717, 1.165) is 40.0 Å². The van der Waals surface area contributed by atoms with Crippen molar-refractivity contribution in [2.45, 2.75) is 19.8 Å². The largest absolute Gasteiger partial charge is 0.398 e. The van der Waals surface area contributed by atoms with E-state index in [1.54, 1.807) is 11.3 Å². The Bertz CT molecular complexity index is 1120. The predicted molar refractivity (Wildman–Crippen MR) is 115 cm³/mol. The van der Waals surface area contributed by atoms with Crippen LogP contribution in [0.15, 0.2) is 60.0 Å². The van der Waals surface area contributed by atoms with Crippen LogP contribution in [-0.4, -0.2) is 0 Å².